The third-order valence-electron chi connectivity index (χ3n) is 15.8. The highest BCUT2D eigenvalue weighted by Gasteiger charge is 2.82. The second-order valence-electron chi connectivity index (χ2n) is 22.2. The van der Waals surface area contributed by atoms with Crippen molar-refractivity contribution in [1.82, 2.24) is 4.90 Å². The highest BCUT2D eigenvalue weighted by atomic mass is 16.6. The van der Waals surface area contributed by atoms with Crippen molar-refractivity contribution in [2.24, 2.45) is 28.6 Å². The van der Waals surface area contributed by atoms with Crippen LogP contribution in [0.25, 0.3) is 0 Å². The normalized spacial score (nSPS) is 34.2. The molecule has 3 saturated heterocycles. The molecule has 1 unspecified atom stereocenters. The number of hydrogen-bond acceptors (Lipinski definition) is 18. The van der Waals surface area contributed by atoms with E-state index in [2.05, 4.69) is 0 Å². The van der Waals surface area contributed by atoms with Gasteiger partial charge in [-0.2, -0.15) is 0 Å². The van der Waals surface area contributed by atoms with Crippen LogP contribution in [0.4, 0.5) is 4.79 Å². The minimum Gasteiger partial charge on any atom is -0.497 e. The van der Waals surface area contributed by atoms with Crippen molar-refractivity contribution >= 4 is 41.7 Å². The third kappa shape index (κ3) is 8.61. The fourth-order valence-corrected chi connectivity index (χ4v) is 12.8. The van der Waals surface area contributed by atoms with Gasteiger partial charge in [0.15, 0.2) is 41.5 Å². The van der Waals surface area contributed by atoms with E-state index >= 15 is 9.59 Å². The molecule has 8 rings (SSSR count). The smallest absolute Gasteiger partial charge is 0.413 e. The van der Waals surface area contributed by atoms with Gasteiger partial charge in [0.2, 0.25) is 0 Å². The standard InChI is InChI=1S/C54H67NO18/c1-26(2)21-34-41(68-46(55(34)49(63)73-50(6,7)8)32-20-19-31(64-12)22-35(32)65-13)48(62)69-40-27(3)39-42(67-28(4)56)44(60)52(11)36(58)24-37-53(25-66-37,71-29(5)57)43(52)45(70-47(61)30-17-15-14-16-18-30)54(51(39,9)10)33(40)23-38(59)72-54/h14-20,22,26,33-34,36-37,40-43,45-46,58H,21,23-25H2,1-13H3/t33-,34-,36-,37+,40+,41+,42+,43-,45-,46?,52+,53-,54+/m0/s1. The Labute approximate surface area is 424 Å². The Kier molecular flexibility index (Phi) is 13.9. The molecule has 73 heavy (non-hydrogen) atoms. The number of aliphatic hydroxyl groups is 1. The highest BCUT2D eigenvalue weighted by molar-refractivity contribution is 5.96. The van der Waals surface area contributed by atoms with Crippen LogP contribution in [0.1, 0.15) is 118 Å². The number of ketones is 1. The molecular weight excluding hydrogens is 951 g/mol. The van der Waals surface area contributed by atoms with E-state index in [0.717, 1.165) is 6.92 Å². The Hall–Kier alpha value is -6.05. The molecule has 3 heterocycles. The summed E-state index contributed by atoms with van der Waals surface area (Å²) in [5.41, 5.74) is -7.98. The third-order valence-corrected chi connectivity index (χ3v) is 15.8. The van der Waals surface area contributed by atoms with Crippen LogP contribution >= 0.6 is 0 Å². The van der Waals surface area contributed by atoms with Crippen LogP contribution < -0.4 is 9.47 Å². The lowest BCUT2D eigenvalue weighted by Gasteiger charge is -2.68. The van der Waals surface area contributed by atoms with Gasteiger partial charge < -0.3 is 52.5 Å². The first-order chi connectivity index (χ1) is 34.2. The second-order valence-corrected chi connectivity index (χ2v) is 22.2. The second kappa shape index (κ2) is 19.0. The fourth-order valence-electron chi connectivity index (χ4n) is 12.8. The molecule has 1 amide bonds. The number of carbonyl (C=O) groups is 7. The summed E-state index contributed by atoms with van der Waals surface area (Å²) in [6.45, 7) is 17.2. The number of ether oxygens (including phenoxy) is 10. The van der Waals surface area contributed by atoms with Gasteiger partial charge in [-0.1, -0.05) is 45.9 Å². The number of carbonyl (C=O) groups excluding carboxylic acids is 7. The van der Waals surface area contributed by atoms with Gasteiger partial charge in [-0.3, -0.25) is 24.1 Å². The molecule has 0 radical (unpaired) electrons. The Morgan fingerprint density at radius 3 is 2.18 bits per heavy atom. The highest BCUT2D eigenvalue weighted by Crippen LogP contribution is 2.68. The van der Waals surface area contributed by atoms with Gasteiger partial charge in [-0.15, -0.1) is 0 Å². The summed E-state index contributed by atoms with van der Waals surface area (Å²) in [7, 11) is 2.92. The van der Waals surface area contributed by atoms with Crippen LogP contribution in [0.5, 0.6) is 11.5 Å². The molecule has 19 heteroatoms. The van der Waals surface area contributed by atoms with E-state index in [1.165, 1.54) is 45.1 Å². The molecule has 0 aromatic heterocycles. The van der Waals surface area contributed by atoms with E-state index < -0.39 is 137 Å². The molecule has 19 nitrogen and oxygen atoms in total. The fraction of sp³-hybridized carbons (Fsp3) is 0.611. The molecule has 3 aliphatic carbocycles. The summed E-state index contributed by atoms with van der Waals surface area (Å²) in [6.07, 6.45) is -11.9. The molecule has 2 aromatic rings. The number of aliphatic hydroxyl groups excluding tert-OH is 1. The van der Waals surface area contributed by atoms with E-state index in [9.17, 15) is 29.1 Å². The summed E-state index contributed by atoms with van der Waals surface area (Å²) in [5.74, 6) is -7.47. The van der Waals surface area contributed by atoms with E-state index in [1.54, 1.807) is 77.9 Å². The van der Waals surface area contributed by atoms with Crippen LogP contribution in [0.15, 0.2) is 59.7 Å². The van der Waals surface area contributed by atoms with Gasteiger partial charge >= 0.3 is 35.9 Å². The predicted octanol–water partition coefficient (Wildman–Crippen LogP) is 6.15. The summed E-state index contributed by atoms with van der Waals surface area (Å²) in [5, 5.41) is 12.4. The number of fused-ring (bicyclic) bond motifs is 4. The van der Waals surface area contributed by atoms with Gasteiger partial charge in [-0.25, -0.2) is 14.4 Å². The molecule has 396 valence electrons. The first-order valence-corrected chi connectivity index (χ1v) is 24.7. The van der Waals surface area contributed by atoms with Crippen molar-refractivity contribution in [3.63, 3.8) is 0 Å². The molecule has 1 spiro atoms. The summed E-state index contributed by atoms with van der Waals surface area (Å²) in [4.78, 5) is 103. The molecule has 2 bridgehead atoms. The maximum atomic E-state index is 15.9. The predicted molar refractivity (Wildman–Crippen MR) is 254 cm³/mol. The molecule has 3 aliphatic heterocycles. The number of rotatable bonds is 11. The van der Waals surface area contributed by atoms with Gasteiger partial charge in [0, 0.05) is 37.3 Å². The van der Waals surface area contributed by atoms with E-state index in [0.29, 0.717) is 11.3 Å². The van der Waals surface area contributed by atoms with Crippen LogP contribution in [0, 0.1) is 28.6 Å². The number of hydrogen-bond donors (Lipinski definition) is 1. The quantitative estimate of drug-likeness (QED) is 0.151. The van der Waals surface area contributed by atoms with E-state index in [4.69, 9.17) is 47.4 Å². The molecule has 5 fully saturated rings. The molecule has 1 N–H and O–H groups in total. The molecule has 2 aromatic carbocycles. The number of nitrogens with zero attached hydrogens (tertiary/aromatic N) is 1. The zero-order valence-electron chi connectivity index (χ0n) is 43.6. The molecular formula is C54H67NO18. The average Bonchev–Trinajstić information content (AvgIpc) is 3.87. The largest absolute Gasteiger partial charge is 0.497 e. The first-order valence-electron chi connectivity index (χ1n) is 24.7. The van der Waals surface area contributed by atoms with E-state index in [-0.39, 0.29) is 47.8 Å². The van der Waals surface area contributed by atoms with Crippen molar-refractivity contribution in [2.75, 3.05) is 20.8 Å². The lowest BCUT2D eigenvalue weighted by atomic mass is 9.43. The first kappa shape index (κ1) is 53.2. The minimum atomic E-state index is -2.15. The Morgan fingerprint density at radius 1 is 0.918 bits per heavy atom. The Balaban J connectivity index is 1.35. The van der Waals surface area contributed by atoms with Crippen LogP contribution in [-0.4, -0.2) is 132 Å². The molecule has 6 aliphatic rings. The number of esters is 5. The number of methoxy groups -OCH3 is 2. The van der Waals surface area contributed by atoms with Crippen molar-refractivity contribution in [1.29, 1.82) is 0 Å². The van der Waals surface area contributed by atoms with Crippen LogP contribution in [0.3, 0.4) is 0 Å². The van der Waals surface area contributed by atoms with Crippen molar-refractivity contribution in [3.05, 3.63) is 70.8 Å². The van der Waals surface area contributed by atoms with Gasteiger partial charge in [-0.05, 0) is 82.4 Å². The summed E-state index contributed by atoms with van der Waals surface area (Å²) >= 11 is 0. The number of benzene rings is 2. The van der Waals surface area contributed by atoms with Crippen molar-refractivity contribution in [3.8, 4) is 11.5 Å². The lowest BCUT2D eigenvalue weighted by molar-refractivity contribution is -0.347. The number of amides is 1. The van der Waals surface area contributed by atoms with Crippen molar-refractivity contribution in [2.45, 2.75) is 161 Å². The maximum Gasteiger partial charge on any atom is 0.413 e. The zero-order chi connectivity index (χ0) is 53.5. The zero-order valence-corrected chi connectivity index (χ0v) is 43.6. The minimum absolute atomic E-state index is 0.0555. The molecule has 13 atom stereocenters. The van der Waals surface area contributed by atoms with Crippen LogP contribution in [-0.2, 0) is 61.9 Å². The monoisotopic (exact) mass is 1020 g/mol. The average molecular weight is 1020 g/mol. The Bertz CT molecular complexity index is 2600. The number of Topliss-reactive ketones (excluding diaryl/α,β-unsaturated/α-hetero) is 1. The summed E-state index contributed by atoms with van der Waals surface area (Å²) < 4.78 is 62.3. The van der Waals surface area contributed by atoms with Crippen molar-refractivity contribution < 1.29 is 86.0 Å². The van der Waals surface area contributed by atoms with Gasteiger partial charge in [0.1, 0.15) is 29.3 Å². The van der Waals surface area contributed by atoms with Gasteiger partial charge in [0.05, 0.1) is 62.2 Å². The maximum absolute atomic E-state index is 15.9. The SMILES string of the molecule is COc1ccc(C2O[C@@H](C(=O)O[C@@H]3C(C)=C4[C@@H](OC(C)=O)C(=O)[C@@]5(C)[C@H]([C@H](OC(=O)c6ccccc6)[C@@]6(OC(=O)C[C@@H]36)C4(C)C)[C@]3(OC(C)=O)CO[C@@H]3C[C@@H]5O)[C@H](CC(C)C)N2C(=O)OC(C)(C)C)c(OC)c1. The van der Waals surface area contributed by atoms with E-state index in [1.807, 2.05) is 13.8 Å². The summed E-state index contributed by atoms with van der Waals surface area (Å²) in [6, 6.07) is 11.8. The van der Waals surface area contributed by atoms with Crippen LogP contribution in [0.2, 0.25) is 0 Å². The topological polar surface area (TPSA) is 235 Å². The lowest BCUT2D eigenvalue weighted by Crippen LogP contribution is -2.82. The van der Waals surface area contributed by atoms with Gasteiger partial charge in [0.25, 0.3) is 0 Å². The Morgan fingerprint density at radius 2 is 1.60 bits per heavy atom. The molecule has 2 saturated carbocycles.